The van der Waals surface area contributed by atoms with Crippen LogP contribution in [0.4, 0.5) is 0 Å². The van der Waals surface area contributed by atoms with Crippen LogP contribution >= 0.6 is 0 Å². The third kappa shape index (κ3) is 2.15. The van der Waals surface area contributed by atoms with E-state index < -0.39 is 0 Å². The van der Waals surface area contributed by atoms with Gasteiger partial charge in [-0.3, -0.25) is 0 Å². The quantitative estimate of drug-likeness (QED) is 0.836. The highest BCUT2D eigenvalue weighted by molar-refractivity contribution is 5.87. The lowest BCUT2D eigenvalue weighted by atomic mass is 9.76. The Kier molecular flexibility index (Phi) is 3.45. The molecule has 1 nitrogen and oxygen atoms in total. The largest absolute Gasteiger partial charge is 0.323 e. The number of rotatable bonds is 3. The minimum Gasteiger partial charge on any atom is -0.323 e. The molecule has 0 radical (unpaired) electrons. The molecule has 18 heavy (non-hydrogen) atoms. The molecule has 0 aromatic heterocycles. The average Bonchev–Trinajstić information content (AvgIpc) is 2.38. The summed E-state index contributed by atoms with van der Waals surface area (Å²) in [6.45, 7) is 8.87. The maximum absolute atomic E-state index is 6.55. The lowest BCUT2D eigenvalue weighted by Gasteiger charge is -2.32. The van der Waals surface area contributed by atoms with E-state index in [2.05, 4.69) is 64.1 Å². The van der Waals surface area contributed by atoms with E-state index in [1.807, 2.05) is 0 Å². The van der Waals surface area contributed by atoms with Crippen LogP contribution in [0.3, 0.4) is 0 Å². The summed E-state index contributed by atoms with van der Waals surface area (Å²) in [6, 6.07) is 13.0. The van der Waals surface area contributed by atoms with Gasteiger partial charge in [-0.25, -0.2) is 0 Å². The molecule has 1 unspecified atom stereocenters. The number of benzene rings is 2. The molecule has 2 aromatic rings. The van der Waals surface area contributed by atoms with Crippen molar-refractivity contribution in [2.75, 3.05) is 0 Å². The van der Waals surface area contributed by atoms with Crippen LogP contribution in [-0.4, -0.2) is 0 Å². The summed E-state index contributed by atoms with van der Waals surface area (Å²) in [7, 11) is 0. The van der Waals surface area contributed by atoms with Crippen LogP contribution in [0.15, 0.2) is 36.4 Å². The summed E-state index contributed by atoms with van der Waals surface area (Å²) < 4.78 is 0. The van der Waals surface area contributed by atoms with E-state index in [0.717, 1.165) is 6.42 Å². The Morgan fingerprint density at radius 1 is 1.11 bits per heavy atom. The molecule has 2 N–H and O–H groups in total. The zero-order chi connectivity index (χ0) is 13.3. The number of hydrogen-bond donors (Lipinski definition) is 1. The fourth-order valence-electron chi connectivity index (χ4n) is 2.43. The van der Waals surface area contributed by atoms with E-state index in [9.17, 15) is 0 Å². The molecule has 96 valence electrons. The van der Waals surface area contributed by atoms with Gasteiger partial charge < -0.3 is 5.73 Å². The Balaban J connectivity index is 2.66. The van der Waals surface area contributed by atoms with Gasteiger partial charge in [0.2, 0.25) is 0 Å². The van der Waals surface area contributed by atoms with E-state index in [0.29, 0.717) is 0 Å². The molecule has 2 rings (SSSR count). The third-order valence-corrected chi connectivity index (χ3v) is 4.25. The van der Waals surface area contributed by atoms with Gasteiger partial charge in [0, 0.05) is 6.04 Å². The standard InChI is InChI=1S/C17H23N/c1-5-17(3,4)16(18)15-12(2)10-11-13-8-6-7-9-14(13)15/h6-11,16H,5,18H2,1-4H3. The van der Waals surface area contributed by atoms with Gasteiger partial charge in [-0.15, -0.1) is 0 Å². The van der Waals surface area contributed by atoms with Crippen LogP contribution in [0.5, 0.6) is 0 Å². The topological polar surface area (TPSA) is 26.0 Å². The van der Waals surface area contributed by atoms with Crippen molar-refractivity contribution in [3.63, 3.8) is 0 Å². The molecule has 0 heterocycles. The monoisotopic (exact) mass is 241 g/mol. The molecule has 0 saturated carbocycles. The summed E-state index contributed by atoms with van der Waals surface area (Å²) in [5.74, 6) is 0. The second-order valence-corrected chi connectivity index (χ2v) is 5.84. The number of nitrogens with two attached hydrogens (primary N) is 1. The number of hydrogen-bond acceptors (Lipinski definition) is 1. The molecular formula is C17H23N. The predicted molar refractivity (Wildman–Crippen MR) is 79.7 cm³/mol. The molecule has 0 saturated heterocycles. The van der Waals surface area contributed by atoms with Gasteiger partial charge in [0.25, 0.3) is 0 Å². The van der Waals surface area contributed by atoms with Gasteiger partial charge in [0.1, 0.15) is 0 Å². The highest BCUT2D eigenvalue weighted by Crippen LogP contribution is 2.38. The maximum atomic E-state index is 6.55. The van der Waals surface area contributed by atoms with Gasteiger partial charge in [-0.05, 0) is 40.7 Å². The van der Waals surface area contributed by atoms with Crippen LogP contribution in [0.1, 0.15) is 44.4 Å². The molecule has 0 aliphatic rings. The van der Waals surface area contributed by atoms with Crippen LogP contribution < -0.4 is 5.73 Å². The van der Waals surface area contributed by atoms with Crippen LogP contribution in [0, 0.1) is 12.3 Å². The maximum Gasteiger partial charge on any atom is 0.0355 e. The van der Waals surface area contributed by atoms with Crippen molar-refractivity contribution < 1.29 is 0 Å². The van der Waals surface area contributed by atoms with Crippen molar-refractivity contribution in [2.45, 2.75) is 40.2 Å². The minimum atomic E-state index is 0.0774. The van der Waals surface area contributed by atoms with Crippen LogP contribution in [0.2, 0.25) is 0 Å². The second-order valence-electron chi connectivity index (χ2n) is 5.84. The van der Waals surface area contributed by atoms with Crippen molar-refractivity contribution in [1.82, 2.24) is 0 Å². The first-order valence-electron chi connectivity index (χ1n) is 6.71. The summed E-state index contributed by atoms with van der Waals surface area (Å²) >= 11 is 0. The van der Waals surface area contributed by atoms with Crippen molar-refractivity contribution >= 4 is 10.8 Å². The molecule has 0 aliphatic carbocycles. The summed E-state index contributed by atoms with van der Waals surface area (Å²) in [5.41, 5.74) is 9.27. The van der Waals surface area contributed by atoms with Crippen LogP contribution in [0.25, 0.3) is 10.8 Å². The van der Waals surface area contributed by atoms with E-state index >= 15 is 0 Å². The van der Waals surface area contributed by atoms with E-state index in [1.54, 1.807) is 0 Å². The fourth-order valence-corrected chi connectivity index (χ4v) is 2.43. The van der Waals surface area contributed by atoms with Gasteiger partial charge in [-0.1, -0.05) is 57.2 Å². The number of fused-ring (bicyclic) bond motifs is 1. The lowest BCUT2D eigenvalue weighted by molar-refractivity contribution is 0.279. The zero-order valence-corrected chi connectivity index (χ0v) is 11.8. The number of aryl methyl sites for hydroxylation is 1. The molecule has 2 aromatic carbocycles. The van der Waals surface area contributed by atoms with Crippen molar-refractivity contribution in [2.24, 2.45) is 11.1 Å². The molecular weight excluding hydrogens is 218 g/mol. The first-order chi connectivity index (χ1) is 8.47. The Morgan fingerprint density at radius 3 is 2.44 bits per heavy atom. The van der Waals surface area contributed by atoms with Gasteiger partial charge >= 0.3 is 0 Å². The average molecular weight is 241 g/mol. The van der Waals surface area contributed by atoms with E-state index in [-0.39, 0.29) is 11.5 Å². The SMILES string of the molecule is CCC(C)(C)C(N)c1c(C)ccc2ccccc12. The van der Waals surface area contributed by atoms with E-state index in [4.69, 9.17) is 5.73 Å². The Labute approximate surface area is 110 Å². The molecule has 0 fully saturated rings. The highest BCUT2D eigenvalue weighted by atomic mass is 14.7. The normalized spacial score (nSPS) is 13.8. The van der Waals surface area contributed by atoms with Gasteiger partial charge in [0.05, 0.1) is 0 Å². The molecule has 0 bridgehead atoms. The molecule has 1 heteroatoms. The smallest absolute Gasteiger partial charge is 0.0355 e. The van der Waals surface area contributed by atoms with E-state index in [1.165, 1.54) is 21.9 Å². The van der Waals surface area contributed by atoms with Crippen molar-refractivity contribution in [1.29, 1.82) is 0 Å². The fraction of sp³-hybridized carbons (Fsp3) is 0.412. The first kappa shape index (κ1) is 13.1. The van der Waals surface area contributed by atoms with Crippen LogP contribution in [-0.2, 0) is 0 Å². The predicted octanol–water partition coefficient (Wildman–Crippen LogP) is 4.58. The van der Waals surface area contributed by atoms with Crippen molar-refractivity contribution in [3.8, 4) is 0 Å². The Bertz CT molecular complexity index is 555. The minimum absolute atomic E-state index is 0.0774. The molecule has 0 aliphatic heterocycles. The van der Waals surface area contributed by atoms with Gasteiger partial charge in [0.15, 0.2) is 0 Å². The zero-order valence-electron chi connectivity index (χ0n) is 11.8. The third-order valence-electron chi connectivity index (χ3n) is 4.25. The first-order valence-corrected chi connectivity index (χ1v) is 6.71. The molecule has 0 spiro atoms. The Hall–Kier alpha value is -1.34. The molecule has 0 amide bonds. The summed E-state index contributed by atoms with van der Waals surface area (Å²) in [6.07, 6.45) is 1.08. The Morgan fingerprint density at radius 2 is 1.78 bits per heavy atom. The lowest BCUT2D eigenvalue weighted by Crippen LogP contribution is -2.29. The van der Waals surface area contributed by atoms with Crippen molar-refractivity contribution in [3.05, 3.63) is 47.5 Å². The molecule has 1 atom stereocenters. The highest BCUT2D eigenvalue weighted by Gasteiger charge is 2.27. The second kappa shape index (κ2) is 4.74. The summed E-state index contributed by atoms with van der Waals surface area (Å²) in [5, 5.41) is 2.58. The summed E-state index contributed by atoms with van der Waals surface area (Å²) in [4.78, 5) is 0. The van der Waals surface area contributed by atoms with Gasteiger partial charge in [-0.2, -0.15) is 0 Å².